The lowest BCUT2D eigenvalue weighted by Gasteiger charge is -2.01. The minimum absolute atomic E-state index is 0.266. The summed E-state index contributed by atoms with van der Waals surface area (Å²) in [5, 5.41) is 5.12. The van der Waals surface area contributed by atoms with Gasteiger partial charge in [-0.2, -0.15) is 5.10 Å². The van der Waals surface area contributed by atoms with Crippen LogP contribution in [-0.2, 0) is 0 Å². The Hall–Kier alpha value is -2.23. The molecule has 0 N–H and O–H groups in total. The van der Waals surface area contributed by atoms with Crippen molar-refractivity contribution in [2.24, 2.45) is 0 Å². The van der Waals surface area contributed by atoms with Crippen molar-refractivity contribution in [3.63, 3.8) is 0 Å². The number of hydrogen-bond donors (Lipinski definition) is 0. The number of nitrogens with zero attached hydrogens (tertiary/aromatic N) is 3. The van der Waals surface area contributed by atoms with Crippen molar-refractivity contribution in [2.45, 2.75) is 0 Å². The molecule has 0 saturated carbocycles. The fraction of sp³-hybridized carbons (Fsp3) is 0. The molecule has 0 unspecified atom stereocenters. The Morgan fingerprint density at radius 2 is 2.06 bits per heavy atom. The van der Waals surface area contributed by atoms with Gasteiger partial charge in [0.25, 0.3) is 0 Å². The highest BCUT2D eigenvalue weighted by molar-refractivity contribution is 5.80. The van der Waals surface area contributed by atoms with E-state index in [1.807, 2.05) is 12.1 Å². The van der Waals surface area contributed by atoms with Gasteiger partial charge in [-0.3, -0.25) is 4.98 Å². The van der Waals surface area contributed by atoms with Crippen LogP contribution >= 0.6 is 0 Å². The number of pyridine rings is 1. The van der Waals surface area contributed by atoms with Crippen LogP contribution in [0.5, 0.6) is 0 Å². The first-order chi connectivity index (χ1) is 7.84. The largest absolute Gasteiger partial charge is 0.262 e. The third-order valence-electron chi connectivity index (χ3n) is 2.42. The molecular weight excluding hydrogens is 205 g/mol. The van der Waals surface area contributed by atoms with Gasteiger partial charge >= 0.3 is 0 Å². The summed E-state index contributed by atoms with van der Waals surface area (Å²) >= 11 is 0. The summed E-state index contributed by atoms with van der Waals surface area (Å²) in [4.78, 5) is 4.02. The van der Waals surface area contributed by atoms with Gasteiger partial charge in [-0.25, -0.2) is 9.07 Å². The van der Waals surface area contributed by atoms with Crippen molar-refractivity contribution in [1.29, 1.82) is 0 Å². The van der Waals surface area contributed by atoms with Gasteiger partial charge in [-0.1, -0.05) is 0 Å². The topological polar surface area (TPSA) is 30.7 Å². The first-order valence-corrected chi connectivity index (χ1v) is 4.88. The second kappa shape index (κ2) is 3.41. The van der Waals surface area contributed by atoms with Gasteiger partial charge in [0.2, 0.25) is 0 Å². The third kappa shape index (κ3) is 1.35. The number of benzene rings is 1. The summed E-state index contributed by atoms with van der Waals surface area (Å²) in [6.07, 6.45) is 5.09. The fourth-order valence-corrected chi connectivity index (χ4v) is 1.68. The van der Waals surface area contributed by atoms with E-state index < -0.39 is 0 Å². The summed E-state index contributed by atoms with van der Waals surface area (Å²) in [5.41, 5.74) is 1.57. The molecule has 3 nitrogen and oxygen atoms in total. The zero-order chi connectivity index (χ0) is 11.0. The van der Waals surface area contributed by atoms with Gasteiger partial charge in [0.05, 0.1) is 23.6 Å². The lowest BCUT2D eigenvalue weighted by Crippen LogP contribution is -1.96. The lowest BCUT2D eigenvalue weighted by atomic mass is 10.2. The van der Waals surface area contributed by atoms with E-state index in [4.69, 9.17) is 0 Å². The predicted octanol–water partition coefficient (Wildman–Crippen LogP) is 2.56. The van der Waals surface area contributed by atoms with Crippen molar-refractivity contribution in [2.75, 3.05) is 0 Å². The van der Waals surface area contributed by atoms with Crippen molar-refractivity contribution in [3.05, 3.63) is 54.7 Å². The number of fused-ring (bicyclic) bond motifs is 1. The van der Waals surface area contributed by atoms with Gasteiger partial charge in [-0.15, -0.1) is 0 Å². The Bertz CT molecular complexity index is 631. The number of aromatic nitrogens is 3. The van der Waals surface area contributed by atoms with E-state index in [-0.39, 0.29) is 5.82 Å². The van der Waals surface area contributed by atoms with E-state index in [1.165, 1.54) is 12.1 Å². The van der Waals surface area contributed by atoms with Crippen LogP contribution in [0.25, 0.3) is 16.6 Å². The summed E-state index contributed by atoms with van der Waals surface area (Å²) in [6, 6.07) is 8.31. The average Bonchev–Trinajstić information content (AvgIpc) is 2.73. The zero-order valence-electron chi connectivity index (χ0n) is 8.34. The van der Waals surface area contributed by atoms with Gasteiger partial charge in [0, 0.05) is 17.6 Å². The highest BCUT2D eigenvalue weighted by Crippen LogP contribution is 2.18. The lowest BCUT2D eigenvalue weighted by molar-refractivity contribution is 0.629. The second-order valence-electron chi connectivity index (χ2n) is 3.47. The molecule has 3 aromatic rings. The number of rotatable bonds is 1. The highest BCUT2D eigenvalue weighted by Gasteiger charge is 2.05. The van der Waals surface area contributed by atoms with Crippen LogP contribution in [0, 0.1) is 5.82 Å². The Morgan fingerprint density at radius 3 is 2.88 bits per heavy atom. The Morgan fingerprint density at radius 1 is 1.12 bits per heavy atom. The highest BCUT2D eigenvalue weighted by atomic mass is 19.1. The standard InChI is InChI=1S/C12H8FN3/c13-10-4-3-9-7-15-16(12(9)6-10)11-2-1-5-14-8-11/h1-8H. The SMILES string of the molecule is Fc1ccc2cnn(-c3cccnc3)c2c1. The molecule has 0 aliphatic carbocycles. The smallest absolute Gasteiger partial charge is 0.125 e. The molecule has 0 bridgehead atoms. The first-order valence-electron chi connectivity index (χ1n) is 4.88. The van der Waals surface area contributed by atoms with Crippen LogP contribution in [0.3, 0.4) is 0 Å². The van der Waals surface area contributed by atoms with E-state index in [1.54, 1.807) is 29.3 Å². The molecule has 0 spiro atoms. The zero-order valence-corrected chi connectivity index (χ0v) is 8.34. The molecular formula is C12H8FN3. The molecule has 0 atom stereocenters. The molecule has 78 valence electrons. The van der Waals surface area contributed by atoms with Crippen LogP contribution < -0.4 is 0 Å². The van der Waals surface area contributed by atoms with Gasteiger partial charge < -0.3 is 0 Å². The summed E-state index contributed by atoms with van der Waals surface area (Å²) < 4.78 is 14.8. The van der Waals surface area contributed by atoms with Crippen LogP contribution in [0.1, 0.15) is 0 Å². The molecule has 0 saturated heterocycles. The molecule has 2 heterocycles. The Kier molecular flexibility index (Phi) is 1.93. The van der Waals surface area contributed by atoms with Crippen LogP contribution in [0.15, 0.2) is 48.9 Å². The normalized spacial score (nSPS) is 10.8. The third-order valence-corrected chi connectivity index (χ3v) is 2.42. The molecule has 3 rings (SSSR count). The maximum Gasteiger partial charge on any atom is 0.125 e. The summed E-state index contributed by atoms with van der Waals surface area (Å²) in [5.74, 6) is -0.266. The molecule has 4 heteroatoms. The maximum atomic E-state index is 13.2. The minimum Gasteiger partial charge on any atom is -0.262 e. The van der Waals surface area contributed by atoms with E-state index in [0.29, 0.717) is 0 Å². The molecule has 0 amide bonds. The van der Waals surface area contributed by atoms with Crippen LogP contribution in [0.2, 0.25) is 0 Å². The van der Waals surface area contributed by atoms with E-state index in [9.17, 15) is 4.39 Å². The Labute approximate surface area is 91.2 Å². The van der Waals surface area contributed by atoms with Crippen molar-refractivity contribution in [3.8, 4) is 5.69 Å². The average molecular weight is 213 g/mol. The van der Waals surface area contributed by atoms with E-state index in [2.05, 4.69) is 10.1 Å². The molecule has 0 aliphatic rings. The Balaban J connectivity index is 2.29. The van der Waals surface area contributed by atoms with Gasteiger partial charge in [-0.05, 0) is 24.3 Å². The molecule has 16 heavy (non-hydrogen) atoms. The number of hydrogen-bond acceptors (Lipinski definition) is 2. The second-order valence-corrected chi connectivity index (χ2v) is 3.47. The first kappa shape index (κ1) is 9.03. The fourth-order valence-electron chi connectivity index (χ4n) is 1.68. The van der Waals surface area contributed by atoms with Crippen molar-refractivity contribution in [1.82, 2.24) is 14.8 Å². The molecule has 1 aromatic carbocycles. The quantitative estimate of drug-likeness (QED) is 0.622. The van der Waals surface area contributed by atoms with Crippen LogP contribution in [-0.4, -0.2) is 14.8 Å². The molecule has 0 fully saturated rings. The summed E-state index contributed by atoms with van der Waals surface area (Å²) in [7, 11) is 0. The number of halogens is 1. The minimum atomic E-state index is -0.266. The van der Waals surface area contributed by atoms with Crippen LogP contribution in [0.4, 0.5) is 4.39 Å². The van der Waals surface area contributed by atoms with Crippen molar-refractivity contribution < 1.29 is 4.39 Å². The van der Waals surface area contributed by atoms with E-state index >= 15 is 0 Å². The predicted molar refractivity (Wildman–Crippen MR) is 58.8 cm³/mol. The van der Waals surface area contributed by atoms with Gasteiger partial charge in [0.1, 0.15) is 5.82 Å². The summed E-state index contributed by atoms with van der Waals surface area (Å²) in [6.45, 7) is 0. The monoisotopic (exact) mass is 213 g/mol. The molecule has 2 aromatic heterocycles. The van der Waals surface area contributed by atoms with Crippen molar-refractivity contribution >= 4 is 10.9 Å². The van der Waals surface area contributed by atoms with E-state index in [0.717, 1.165) is 16.6 Å². The molecule has 0 radical (unpaired) electrons. The molecule has 0 aliphatic heterocycles. The van der Waals surface area contributed by atoms with Gasteiger partial charge in [0.15, 0.2) is 0 Å². The maximum absolute atomic E-state index is 13.2.